The zero-order chi connectivity index (χ0) is 7.40. The van der Waals surface area contributed by atoms with E-state index in [2.05, 4.69) is 16.1 Å². The van der Waals surface area contributed by atoms with Crippen LogP contribution in [0.15, 0.2) is 0 Å². The lowest BCUT2D eigenvalue weighted by Crippen LogP contribution is -2.42. The highest BCUT2D eigenvalue weighted by molar-refractivity contribution is 8.19. The van der Waals surface area contributed by atoms with E-state index in [0.717, 1.165) is 26.2 Å². The monoisotopic (exact) mass is 180 g/mol. The molecule has 4 heteroatoms. The maximum atomic E-state index is 5.60. The molecule has 1 saturated heterocycles. The van der Waals surface area contributed by atoms with E-state index < -0.39 is 0 Å². The summed E-state index contributed by atoms with van der Waals surface area (Å²) in [7, 11) is 5.60. The maximum Gasteiger partial charge on any atom is 0.0308 e. The first-order chi connectivity index (χ1) is 4.86. The van der Waals surface area contributed by atoms with Gasteiger partial charge in [0.1, 0.15) is 0 Å². The van der Waals surface area contributed by atoms with Crippen molar-refractivity contribution in [1.29, 1.82) is 0 Å². The summed E-state index contributed by atoms with van der Waals surface area (Å²) in [6, 6.07) is 0. The van der Waals surface area contributed by atoms with E-state index in [0.29, 0.717) is 0 Å². The van der Waals surface area contributed by atoms with Gasteiger partial charge in [-0.15, -0.1) is 0 Å². The van der Waals surface area contributed by atoms with Gasteiger partial charge in [-0.05, 0) is 17.2 Å². The Balaban J connectivity index is 2.17. The van der Waals surface area contributed by atoms with Crippen LogP contribution in [0.5, 0.6) is 0 Å². The summed E-state index contributed by atoms with van der Waals surface area (Å²) in [6.07, 6.45) is 0. The minimum atomic E-state index is 1.10. The Labute approximate surface area is 71.1 Å². The third-order valence-corrected chi connectivity index (χ3v) is 3.02. The van der Waals surface area contributed by atoms with E-state index in [4.69, 9.17) is 10.7 Å². The van der Waals surface area contributed by atoms with E-state index in [1.165, 1.54) is 17.7 Å². The van der Waals surface area contributed by atoms with E-state index >= 15 is 0 Å². The van der Waals surface area contributed by atoms with Crippen molar-refractivity contribution in [3.05, 3.63) is 0 Å². The van der Waals surface area contributed by atoms with Crippen LogP contribution in [0.25, 0.3) is 0 Å². The first-order valence-corrected chi connectivity index (χ1v) is 5.22. The molecular formula is C6H13ClN2S. The molecule has 0 atom stereocenters. The second-order valence-electron chi connectivity index (χ2n) is 2.43. The van der Waals surface area contributed by atoms with Crippen LogP contribution in [0, 0.1) is 0 Å². The Bertz CT molecular complexity index is 81.7. The zero-order valence-corrected chi connectivity index (χ0v) is 7.79. The van der Waals surface area contributed by atoms with Crippen molar-refractivity contribution in [2.75, 3.05) is 32.7 Å². The molecule has 0 amide bonds. The van der Waals surface area contributed by atoms with Crippen molar-refractivity contribution in [2.45, 2.75) is 6.92 Å². The molecule has 0 saturated carbocycles. The molecule has 1 aliphatic rings. The first kappa shape index (κ1) is 8.65. The quantitative estimate of drug-likeness (QED) is 0.594. The molecule has 0 spiro atoms. The summed E-state index contributed by atoms with van der Waals surface area (Å²) in [4.78, 5) is 2.43. The third kappa shape index (κ3) is 2.31. The lowest BCUT2D eigenvalue weighted by molar-refractivity contribution is 0.206. The Morgan fingerprint density at radius 2 is 1.90 bits per heavy atom. The smallest absolute Gasteiger partial charge is 0.0308 e. The van der Waals surface area contributed by atoms with Crippen LogP contribution >= 0.6 is 21.8 Å². The van der Waals surface area contributed by atoms with E-state index in [9.17, 15) is 0 Å². The number of piperazine rings is 1. The van der Waals surface area contributed by atoms with Gasteiger partial charge in [0.15, 0.2) is 0 Å². The lowest BCUT2D eigenvalue weighted by Gasteiger charge is -2.31. The fourth-order valence-corrected chi connectivity index (χ4v) is 1.83. The number of hydrogen-bond donors (Lipinski definition) is 0. The van der Waals surface area contributed by atoms with Gasteiger partial charge in [0.05, 0.1) is 0 Å². The molecule has 10 heavy (non-hydrogen) atoms. The molecule has 60 valence electrons. The summed E-state index contributed by atoms with van der Waals surface area (Å²) >= 11 is 1.34. The molecule has 1 rings (SSSR count). The fourth-order valence-electron chi connectivity index (χ4n) is 1.11. The largest absolute Gasteiger partial charge is 0.301 e. The lowest BCUT2D eigenvalue weighted by atomic mass is 10.4. The molecular weight excluding hydrogens is 168 g/mol. The van der Waals surface area contributed by atoms with Gasteiger partial charge in [-0.2, -0.15) is 0 Å². The van der Waals surface area contributed by atoms with Crippen LogP contribution in [-0.4, -0.2) is 41.9 Å². The molecule has 2 nitrogen and oxygen atoms in total. The van der Waals surface area contributed by atoms with Gasteiger partial charge in [-0.1, -0.05) is 6.92 Å². The molecule has 0 bridgehead atoms. The van der Waals surface area contributed by atoms with Crippen LogP contribution in [0.1, 0.15) is 6.92 Å². The molecule has 0 aromatic carbocycles. The standard InChI is InChI=1S/C6H13ClN2S/c1-2-8-3-5-9(10-7)6-4-8/h2-6H2,1H3. The summed E-state index contributed by atoms with van der Waals surface area (Å²) < 4.78 is 2.19. The van der Waals surface area contributed by atoms with Crippen LogP contribution < -0.4 is 0 Å². The Morgan fingerprint density at radius 1 is 1.30 bits per heavy atom. The summed E-state index contributed by atoms with van der Waals surface area (Å²) in [5.74, 6) is 0. The molecule has 0 N–H and O–H groups in total. The number of likely N-dealkylation sites (N-methyl/N-ethyl adjacent to an activating group) is 1. The van der Waals surface area contributed by atoms with E-state index in [1.54, 1.807) is 0 Å². The molecule has 0 radical (unpaired) electrons. The molecule has 0 aliphatic carbocycles. The summed E-state index contributed by atoms with van der Waals surface area (Å²) in [6.45, 7) is 7.89. The van der Waals surface area contributed by atoms with Crippen molar-refractivity contribution in [3.63, 3.8) is 0 Å². The number of halogens is 1. The number of hydrogen-bond acceptors (Lipinski definition) is 3. The van der Waals surface area contributed by atoms with Gasteiger partial charge in [0.25, 0.3) is 0 Å². The predicted molar refractivity (Wildman–Crippen MR) is 47.1 cm³/mol. The fraction of sp³-hybridized carbons (Fsp3) is 1.00. The minimum Gasteiger partial charge on any atom is -0.301 e. The molecule has 1 aliphatic heterocycles. The highest BCUT2D eigenvalue weighted by atomic mass is 35.7. The number of nitrogens with zero attached hydrogens (tertiary/aromatic N) is 2. The van der Waals surface area contributed by atoms with E-state index in [1.807, 2.05) is 0 Å². The van der Waals surface area contributed by atoms with Crippen LogP contribution in [0.4, 0.5) is 0 Å². The van der Waals surface area contributed by atoms with Gasteiger partial charge < -0.3 is 4.90 Å². The van der Waals surface area contributed by atoms with Crippen LogP contribution in [0.2, 0.25) is 0 Å². The van der Waals surface area contributed by atoms with Crippen molar-refractivity contribution >= 4 is 21.8 Å². The number of rotatable bonds is 2. The predicted octanol–water partition coefficient (Wildman–Crippen LogP) is 1.43. The van der Waals surface area contributed by atoms with E-state index in [-0.39, 0.29) is 0 Å². The Hall–Kier alpha value is 0.560. The zero-order valence-electron chi connectivity index (χ0n) is 6.22. The van der Waals surface area contributed by atoms with Gasteiger partial charge >= 0.3 is 0 Å². The van der Waals surface area contributed by atoms with Gasteiger partial charge in [0, 0.05) is 37.3 Å². The summed E-state index contributed by atoms with van der Waals surface area (Å²) in [5, 5.41) is 0. The Kier molecular flexibility index (Phi) is 3.84. The van der Waals surface area contributed by atoms with Crippen molar-refractivity contribution in [2.24, 2.45) is 0 Å². The molecule has 1 heterocycles. The maximum absolute atomic E-state index is 5.60. The van der Waals surface area contributed by atoms with Crippen molar-refractivity contribution in [3.8, 4) is 0 Å². The average molecular weight is 181 g/mol. The normalized spacial score (nSPS) is 23.4. The Morgan fingerprint density at radius 3 is 2.30 bits per heavy atom. The average Bonchev–Trinajstić information content (AvgIpc) is 2.05. The van der Waals surface area contributed by atoms with Crippen molar-refractivity contribution in [1.82, 2.24) is 9.21 Å². The van der Waals surface area contributed by atoms with Crippen molar-refractivity contribution < 1.29 is 0 Å². The second kappa shape index (κ2) is 4.44. The highest BCUT2D eigenvalue weighted by Gasteiger charge is 2.14. The topological polar surface area (TPSA) is 6.48 Å². The highest BCUT2D eigenvalue weighted by Crippen LogP contribution is 2.16. The molecule has 1 fully saturated rings. The van der Waals surface area contributed by atoms with Gasteiger partial charge in [0.2, 0.25) is 0 Å². The molecule has 0 unspecified atom stereocenters. The first-order valence-electron chi connectivity index (χ1n) is 3.63. The molecule has 0 aromatic rings. The minimum absolute atomic E-state index is 1.10. The SMILES string of the molecule is CCN1CCN(SCl)CC1. The third-order valence-electron chi connectivity index (χ3n) is 1.88. The van der Waals surface area contributed by atoms with Gasteiger partial charge in [-0.3, -0.25) is 0 Å². The molecule has 0 aromatic heterocycles. The second-order valence-corrected chi connectivity index (χ2v) is 3.50. The van der Waals surface area contributed by atoms with Gasteiger partial charge in [-0.25, -0.2) is 4.31 Å². The van der Waals surface area contributed by atoms with Crippen LogP contribution in [-0.2, 0) is 0 Å². The van der Waals surface area contributed by atoms with Crippen LogP contribution in [0.3, 0.4) is 0 Å². The summed E-state index contributed by atoms with van der Waals surface area (Å²) in [5.41, 5.74) is 0.